The molecule has 0 aliphatic carbocycles. The number of aliphatic carboxylic acids is 1. The second kappa shape index (κ2) is 4.37. The van der Waals surface area contributed by atoms with Crippen LogP contribution in [0.4, 0.5) is 5.95 Å². The quantitative estimate of drug-likeness (QED) is 0.373. The SMILES string of the molecule is Nc1n[nH]c(C(=O)N[C@H](CO)C(=O)O)n1. The normalized spacial score (nSPS) is 12.1. The van der Waals surface area contributed by atoms with Gasteiger partial charge in [-0.25, -0.2) is 4.79 Å². The first-order valence-electron chi connectivity index (χ1n) is 3.87. The van der Waals surface area contributed by atoms with E-state index >= 15 is 0 Å². The van der Waals surface area contributed by atoms with Gasteiger partial charge in [-0.05, 0) is 0 Å². The van der Waals surface area contributed by atoms with E-state index in [1.54, 1.807) is 0 Å². The standard InChI is InChI=1S/C6H9N5O4/c7-6-9-3(10-11-6)4(13)8-2(1-12)5(14)15/h2,12H,1H2,(H,8,13)(H,14,15)(H3,7,9,10,11)/t2-/m1/s1. The summed E-state index contributed by atoms with van der Waals surface area (Å²) in [5.74, 6) is -2.50. The third-order valence-electron chi connectivity index (χ3n) is 1.50. The van der Waals surface area contributed by atoms with Crippen LogP contribution in [-0.2, 0) is 4.79 Å². The van der Waals surface area contributed by atoms with Crippen LogP contribution in [0.3, 0.4) is 0 Å². The molecule has 82 valence electrons. The Kier molecular flexibility index (Phi) is 3.18. The number of aliphatic hydroxyl groups excluding tert-OH is 1. The molecule has 1 heterocycles. The third kappa shape index (κ3) is 2.64. The van der Waals surface area contributed by atoms with Crippen LogP contribution in [0.25, 0.3) is 0 Å². The highest BCUT2D eigenvalue weighted by Gasteiger charge is 2.21. The minimum atomic E-state index is -1.39. The average Bonchev–Trinajstić information content (AvgIpc) is 2.60. The van der Waals surface area contributed by atoms with E-state index in [-0.39, 0.29) is 11.8 Å². The van der Waals surface area contributed by atoms with Crippen LogP contribution < -0.4 is 11.1 Å². The number of nitrogens with one attached hydrogen (secondary N) is 2. The van der Waals surface area contributed by atoms with Crippen molar-refractivity contribution in [1.29, 1.82) is 0 Å². The first kappa shape index (κ1) is 10.9. The number of aliphatic hydroxyl groups is 1. The number of rotatable bonds is 4. The summed E-state index contributed by atoms with van der Waals surface area (Å²) in [6.45, 7) is -0.718. The van der Waals surface area contributed by atoms with Gasteiger partial charge in [-0.1, -0.05) is 0 Å². The molecule has 1 amide bonds. The largest absolute Gasteiger partial charge is 0.480 e. The minimum absolute atomic E-state index is 0.129. The summed E-state index contributed by atoms with van der Waals surface area (Å²) in [6, 6.07) is -1.39. The molecule has 1 aromatic heterocycles. The van der Waals surface area contributed by atoms with Gasteiger partial charge in [0.2, 0.25) is 11.8 Å². The topological polar surface area (TPSA) is 154 Å². The van der Waals surface area contributed by atoms with E-state index in [0.717, 1.165) is 0 Å². The second-order valence-electron chi connectivity index (χ2n) is 2.59. The number of carbonyl (C=O) groups excluding carboxylic acids is 1. The number of hydrogen-bond donors (Lipinski definition) is 5. The first-order chi connectivity index (χ1) is 7.04. The molecule has 0 spiro atoms. The summed E-state index contributed by atoms with van der Waals surface area (Å²) in [7, 11) is 0. The monoisotopic (exact) mass is 215 g/mol. The molecular formula is C6H9N5O4. The zero-order valence-electron chi connectivity index (χ0n) is 7.47. The number of H-pyrrole nitrogens is 1. The lowest BCUT2D eigenvalue weighted by atomic mass is 10.3. The predicted octanol–water partition coefficient (Wildman–Crippen LogP) is -2.44. The van der Waals surface area contributed by atoms with Crippen LogP contribution >= 0.6 is 0 Å². The Morgan fingerprint density at radius 3 is 2.67 bits per heavy atom. The smallest absolute Gasteiger partial charge is 0.328 e. The van der Waals surface area contributed by atoms with Gasteiger partial charge >= 0.3 is 5.97 Å². The fourth-order valence-electron chi connectivity index (χ4n) is 0.788. The van der Waals surface area contributed by atoms with E-state index in [2.05, 4.69) is 15.2 Å². The number of nitrogen functional groups attached to an aromatic ring is 1. The summed E-state index contributed by atoms with van der Waals surface area (Å²) < 4.78 is 0. The molecule has 0 aliphatic heterocycles. The van der Waals surface area contributed by atoms with Gasteiger partial charge < -0.3 is 21.3 Å². The molecule has 6 N–H and O–H groups in total. The Bertz CT molecular complexity index is 375. The molecule has 1 atom stereocenters. The number of aromatic amines is 1. The third-order valence-corrected chi connectivity index (χ3v) is 1.50. The van der Waals surface area contributed by atoms with Gasteiger partial charge in [0.1, 0.15) is 0 Å². The molecule has 0 saturated carbocycles. The molecule has 9 heteroatoms. The van der Waals surface area contributed by atoms with Crippen molar-refractivity contribution in [2.24, 2.45) is 0 Å². The number of nitrogens with zero attached hydrogens (tertiary/aromatic N) is 2. The summed E-state index contributed by atoms with van der Waals surface area (Å²) in [5, 5.41) is 24.8. The highest BCUT2D eigenvalue weighted by molar-refractivity contribution is 5.93. The maximum atomic E-state index is 11.3. The van der Waals surface area contributed by atoms with Crippen molar-refractivity contribution in [2.75, 3.05) is 12.3 Å². The summed E-state index contributed by atoms with van der Waals surface area (Å²) >= 11 is 0. The Balaban J connectivity index is 2.66. The van der Waals surface area contributed by atoms with E-state index in [4.69, 9.17) is 15.9 Å². The minimum Gasteiger partial charge on any atom is -0.480 e. The highest BCUT2D eigenvalue weighted by Crippen LogP contribution is 1.94. The van der Waals surface area contributed by atoms with Crippen molar-refractivity contribution >= 4 is 17.8 Å². The number of carboxylic acids is 1. The van der Waals surface area contributed by atoms with Gasteiger partial charge in [0.05, 0.1) is 6.61 Å². The Hall–Kier alpha value is -2.16. The number of amides is 1. The molecule has 1 aromatic rings. The molecule has 0 saturated heterocycles. The van der Waals surface area contributed by atoms with Crippen LogP contribution in [0.5, 0.6) is 0 Å². The molecule has 1 rings (SSSR count). The van der Waals surface area contributed by atoms with Crippen molar-refractivity contribution in [3.05, 3.63) is 5.82 Å². The number of nitrogens with two attached hydrogens (primary N) is 1. The Morgan fingerprint density at radius 1 is 1.60 bits per heavy atom. The number of carbonyl (C=O) groups is 2. The lowest BCUT2D eigenvalue weighted by Gasteiger charge is -2.09. The van der Waals surface area contributed by atoms with Crippen molar-refractivity contribution in [3.63, 3.8) is 0 Å². The maximum Gasteiger partial charge on any atom is 0.328 e. The molecule has 0 bridgehead atoms. The number of carboxylic acid groups (broad SMARTS) is 1. The number of anilines is 1. The van der Waals surface area contributed by atoms with Crippen LogP contribution in [0.2, 0.25) is 0 Å². The molecule has 9 nitrogen and oxygen atoms in total. The molecule has 0 unspecified atom stereocenters. The Morgan fingerprint density at radius 2 is 2.27 bits per heavy atom. The van der Waals surface area contributed by atoms with E-state index < -0.39 is 24.5 Å². The highest BCUT2D eigenvalue weighted by atomic mass is 16.4. The lowest BCUT2D eigenvalue weighted by Crippen LogP contribution is -2.43. The van der Waals surface area contributed by atoms with E-state index in [0.29, 0.717) is 0 Å². The van der Waals surface area contributed by atoms with Gasteiger partial charge in [-0.2, -0.15) is 4.98 Å². The van der Waals surface area contributed by atoms with Crippen molar-refractivity contribution in [3.8, 4) is 0 Å². The van der Waals surface area contributed by atoms with Gasteiger partial charge in [0, 0.05) is 0 Å². The molecule has 0 aliphatic rings. The maximum absolute atomic E-state index is 11.3. The number of aromatic nitrogens is 3. The molecule has 0 fully saturated rings. The van der Waals surface area contributed by atoms with E-state index in [1.807, 2.05) is 5.32 Å². The lowest BCUT2D eigenvalue weighted by molar-refractivity contribution is -0.140. The van der Waals surface area contributed by atoms with Crippen LogP contribution in [-0.4, -0.2) is 49.9 Å². The number of hydrogen-bond acceptors (Lipinski definition) is 6. The van der Waals surface area contributed by atoms with Crippen LogP contribution in [0.15, 0.2) is 0 Å². The Labute approximate surface area is 83.3 Å². The molecule has 0 aromatic carbocycles. The van der Waals surface area contributed by atoms with Crippen LogP contribution in [0.1, 0.15) is 10.6 Å². The van der Waals surface area contributed by atoms with Gasteiger partial charge in [-0.15, -0.1) is 5.10 Å². The predicted molar refractivity (Wildman–Crippen MR) is 46.8 cm³/mol. The van der Waals surface area contributed by atoms with E-state index in [1.165, 1.54) is 0 Å². The zero-order valence-corrected chi connectivity index (χ0v) is 7.47. The van der Waals surface area contributed by atoms with Crippen molar-refractivity contribution in [1.82, 2.24) is 20.5 Å². The summed E-state index contributed by atoms with van der Waals surface area (Å²) in [4.78, 5) is 25.2. The summed E-state index contributed by atoms with van der Waals surface area (Å²) in [5.41, 5.74) is 5.14. The van der Waals surface area contributed by atoms with Gasteiger partial charge in [0.25, 0.3) is 5.91 Å². The van der Waals surface area contributed by atoms with E-state index in [9.17, 15) is 9.59 Å². The average molecular weight is 215 g/mol. The van der Waals surface area contributed by atoms with Crippen molar-refractivity contribution in [2.45, 2.75) is 6.04 Å². The molecular weight excluding hydrogens is 206 g/mol. The second-order valence-corrected chi connectivity index (χ2v) is 2.59. The van der Waals surface area contributed by atoms with Gasteiger partial charge in [-0.3, -0.25) is 9.89 Å². The van der Waals surface area contributed by atoms with Crippen LogP contribution in [0, 0.1) is 0 Å². The summed E-state index contributed by atoms with van der Waals surface area (Å²) in [6.07, 6.45) is 0. The molecule has 15 heavy (non-hydrogen) atoms. The fourth-order valence-corrected chi connectivity index (χ4v) is 0.788. The zero-order chi connectivity index (χ0) is 11.4. The van der Waals surface area contributed by atoms with Crippen molar-refractivity contribution < 1.29 is 19.8 Å². The fraction of sp³-hybridized carbons (Fsp3) is 0.333. The first-order valence-corrected chi connectivity index (χ1v) is 3.87. The molecule has 0 radical (unpaired) electrons. The van der Waals surface area contributed by atoms with Gasteiger partial charge in [0.15, 0.2) is 6.04 Å².